The molecule has 0 spiro atoms. The Balaban J connectivity index is 1.79. The van der Waals surface area contributed by atoms with E-state index in [1.807, 2.05) is 0 Å². The minimum Gasteiger partial charge on any atom is -0.356 e. The van der Waals surface area contributed by atoms with Gasteiger partial charge in [-0.25, -0.2) is 0 Å². The van der Waals surface area contributed by atoms with Gasteiger partial charge in [0.05, 0.1) is 0 Å². The molecule has 0 heterocycles. The Morgan fingerprint density at radius 1 is 0.821 bits per heavy atom. The summed E-state index contributed by atoms with van der Waals surface area (Å²) in [5.74, 6) is 4.58. The Hall–Kier alpha value is -0.860. The van der Waals surface area contributed by atoms with E-state index >= 15 is 0 Å². The molecule has 2 rings (SSSR count). The van der Waals surface area contributed by atoms with E-state index in [0.717, 1.165) is 19.3 Å². The van der Waals surface area contributed by atoms with Crippen LogP contribution in [0.3, 0.4) is 0 Å². The molecular formula is C25H45NO2. The van der Waals surface area contributed by atoms with Gasteiger partial charge in [0.25, 0.3) is 0 Å². The van der Waals surface area contributed by atoms with Gasteiger partial charge >= 0.3 is 0 Å². The minimum absolute atomic E-state index is 0.156. The number of rotatable bonds is 8. The highest BCUT2D eigenvalue weighted by Gasteiger charge is 2.36. The van der Waals surface area contributed by atoms with E-state index in [1.54, 1.807) is 0 Å². The maximum absolute atomic E-state index is 12.9. The average Bonchev–Trinajstić information content (AvgIpc) is 2.64. The summed E-state index contributed by atoms with van der Waals surface area (Å²) in [4.78, 5) is 25.7. The maximum Gasteiger partial charge on any atom is 0.223 e. The summed E-state index contributed by atoms with van der Waals surface area (Å²) in [5.41, 5.74) is 0. The number of hydrogen-bond acceptors (Lipinski definition) is 2. The Morgan fingerprint density at radius 2 is 1.32 bits per heavy atom. The molecule has 2 aliphatic rings. The number of nitrogens with one attached hydrogen (secondary N) is 1. The fourth-order valence-electron chi connectivity index (χ4n) is 5.87. The lowest BCUT2D eigenvalue weighted by molar-refractivity contribution is -0.130. The van der Waals surface area contributed by atoms with Crippen LogP contribution in [-0.2, 0) is 9.59 Å². The summed E-state index contributed by atoms with van der Waals surface area (Å²) in [6.45, 7) is 14.2. The fourth-order valence-corrected chi connectivity index (χ4v) is 5.87. The molecule has 0 bridgehead atoms. The van der Waals surface area contributed by atoms with Gasteiger partial charge in [0, 0.05) is 24.8 Å². The summed E-state index contributed by atoms with van der Waals surface area (Å²) in [6, 6.07) is 0. The zero-order valence-electron chi connectivity index (χ0n) is 19.3. The summed E-state index contributed by atoms with van der Waals surface area (Å²) in [7, 11) is 0. The fraction of sp³-hybridized carbons (Fsp3) is 0.920. The Kier molecular flexibility index (Phi) is 9.02. The van der Waals surface area contributed by atoms with Crippen LogP contribution in [-0.4, -0.2) is 18.2 Å². The van der Waals surface area contributed by atoms with Gasteiger partial charge in [0.15, 0.2) is 0 Å². The third-order valence-corrected chi connectivity index (χ3v) is 7.69. The van der Waals surface area contributed by atoms with Crippen LogP contribution in [0.2, 0.25) is 0 Å². The van der Waals surface area contributed by atoms with Crippen molar-refractivity contribution >= 4 is 11.7 Å². The number of carbonyl (C=O) groups excluding carboxylic acids is 2. The molecule has 2 saturated carbocycles. The van der Waals surface area contributed by atoms with Crippen molar-refractivity contribution in [2.75, 3.05) is 6.54 Å². The van der Waals surface area contributed by atoms with Crippen molar-refractivity contribution in [3.8, 4) is 0 Å². The molecule has 0 radical (unpaired) electrons. The van der Waals surface area contributed by atoms with Gasteiger partial charge in [0.1, 0.15) is 5.78 Å². The SMILES string of the molecule is CC(C)[C@@H]1CC[C@@H](C)C[C@H]1C(=O)CCCNC(=O)[C@@H]1C[C@H](C)CC[C@H]1C(C)C. The molecule has 162 valence electrons. The molecule has 28 heavy (non-hydrogen) atoms. The van der Waals surface area contributed by atoms with Crippen molar-refractivity contribution in [1.29, 1.82) is 0 Å². The number of Topliss-reactive ketones (excluding diaryl/α,β-unsaturated/α-hetero) is 1. The van der Waals surface area contributed by atoms with Crippen molar-refractivity contribution in [3.05, 3.63) is 0 Å². The quantitative estimate of drug-likeness (QED) is 0.526. The highest BCUT2D eigenvalue weighted by molar-refractivity contribution is 5.82. The van der Waals surface area contributed by atoms with E-state index < -0.39 is 0 Å². The third kappa shape index (κ3) is 6.32. The van der Waals surface area contributed by atoms with Gasteiger partial charge in [-0.2, -0.15) is 0 Å². The van der Waals surface area contributed by atoms with Crippen LogP contribution in [0.25, 0.3) is 0 Å². The normalized spacial score (nSPS) is 33.9. The Morgan fingerprint density at radius 3 is 1.86 bits per heavy atom. The molecule has 0 aliphatic heterocycles. The predicted octanol–water partition coefficient (Wildman–Crippen LogP) is 5.87. The maximum atomic E-state index is 12.9. The lowest BCUT2D eigenvalue weighted by Gasteiger charge is -2.37. The standard InChI is InChI=1S/C25H45NO2/c1-16(2)20-11-9-18(5)14-22(20)24(27)8-7-13-26-25(28)23-15-19(6)10-12-21(23)17(3)4/h16-23H,7-15H2,1-6H3,(H,26,28)/t18-,19-,20+,21+,22-,23-/m1/s1. The third-order valence-electron chi connectivity index (χ3n) is 7.69. The molecule has 0 aromatic carbocycles. The second-order valence-electron chi connectivity index (χ2n) is 10.7. The topological polar surface area (TPSA) is 46.2 Å². The number of amides is 1. The van der Waals surface area contributed by atoms with Crippen molar-refractivity contribution in [2.45, 2.75) is 92.9 Å². The number of carbonyl (C=O) groups is 2. The molecule has 0 saturated heterocycles. The zero-order chi connectivity index (χ0) is 20.8. The van der Waals surface area contributed by atoms with E-state index in [0.29, 0.717) is 54.3 Å². The van der Waals surface area contributed by atoms with Crippen LogP contribution in [0.1, 0.15) is 92.9 Å². The first-order valence-electron chi connectivity index (χ1n) is 12.0. The highest BCUT2D eigenvalue weighted by atomic mass is 16.2. The van der Waals surface area contributed by atoms with Crippen LogP contribution in [0.5, 0.6) is 0 Å². The average molecular weight is 392 g/mol. The van der Waals surface area contributed by atoms with Crippen LogP contribution < -0.4 is 5.32 Å². The molecular weight excluding hydrogens is 346 g/mol. The molecule has 2 aliphatic carbocycles. The summed E-state index contributed by atoms with van der Waals surface area (Å²) in [5, 5.41) is 3.17. The zero-order valence-corrected chi connectivity index (χ0v) is 19.3. The first-order valence-corrected chi connectivity index (χ1v) is 12.0. The van der Waals surface area contributed by atoms with E-state index in [1.165, 1.54) is 25.7 Å². The predicted molar refractivity (Wildman–Crippen MR) is 117 cm³/mol. The van der Waals surface area contributed by atoms with Crippen molar-refractivity contribution in [3.63, 3.8) is 0 Å². The molecule has 3 heteroatoms. The molecule has 3 nitrogen and oxygen atoms in total. The number of ketones is 1. The Bertz CT molecular complexity index is 467. The van der Waals surface area contributed by atoms with E-state index in [2.05, 4.69) is 46.9 Å². The summed E-state index contributed by atoms with van der Waals surface area (Å²) < 4.78 is 0. The smallest absolute Gasteiger partial charge is 0.223 e. The second kappa shape index (κ2) is 10.8. The van der Waals surface area contributed by atoms with Crippen molar-refractivity contribution in [1.82, 2.24) is 5.32 Å². The molecule has 1 N–H and O–H groups in total. The van der Waals surface area contributed by atoms with E-state index in [4.69, 9.17) is 0 Å². The first-order chi connectivity index (χ1) is 13.2. The van der Waals surface area contributed by atoms with Gasteiger partial charge in [-0.3, -0.25) is 9.59 Å². The molecule has 1 amide bonds. The van der Waals surface area contributed by atoms with Crippen LogP contribution in [0, 0.1) is 47.3 Å². The van der Waals surface area contributed by atoms with Crippen LogP contribution >= 0.6 is 0 Å². The molecule has 0 unspecified atom stereocenters. The monoisotopic (exact) mass is 391 g/mol. The number of hydrogen-bond donors (Lipinski definition) is 1. The van der Waals surface area contributed by atoms with Gasteiger partial charge in [-0.05, 0) is 67.6 Å². The van der Waals surface area contributed by atoms with Gasteiger partial charge < -0.3 is 5.32 Å². The van der Waals surface area contributed by atoms with Crippen molar-refractivity contribution in [2.24, 2.45) is 47.3 Å². The first kappa shape index (κ1) is 23.4. The van der Waals surface area contributed by atoms with E-state index in [9.17, 15) is 9.59 Å². The Labute approximate surface area is 173 Å². The lowest BCUT2D eigenvalue weighted by Crippen LogP contribution is -2.40. The largest absolute Gasteiger partial charge is 0.356 e. The van der Waals surface area contributed by atoms with Crippen LogP contribution in [0.15, 0.2) is 0 Å². The minimum atomic E-state index is 0.156. The van der Waals surface area contributed by atoms with Gasteiger partial charge in [-0.1, -0.05) is 54.4 Å². The molecule has 6 atom stereocenters. The molecule has 0 aromatic heterocycles. The summed E-state index contributed by atoms with van der Waals surface area (Å²) >= 11 is 0. The highest BCUT2D eigenvalue weighted by Crippen LogP contribution is 2.39. The van der Waals surface area contributed by atoms with Gasteiger partial charge in [-0.15, -0.1) is 0 Å². The van der Waals surface area contributed by atoms with E-state index in [-0.39, 0.29) is 17.7 Å². The molecule has 2 fully saturated rings. The lowest BCUT2D eigenvalue weighted by atomic mass is 9.68. The molecule has 0 aromatic rings. The van der Waals surface area contributed by atoms with Crippen LogP contribution in [0.4, 0.5) is 0 Å². The second-order valence-corrected chi connectivity index (χ2v) is 10.7. The van der Waals surface area contributed by atoms with Gasteiger partial charge in [0.2, 0.25) is 5.91 Å². The summed E-state index contributed by atoms with van der Waals surface area (Å²) in [6.07, 6.45) is 8.37. The van der Waals surface area contributed by atoms with Crippen molar-refractivity contribution < 1.29 is 9.59 Å².